The van der Waals surface area contributed by atoms with Gasteiger partial charge in [-0.2, -0.15) is 0 Å². The van der Waals surface area contributed by atoms with Crippen LogP contribution in [0.4, 0.5) is 0 Å². The van der Waals surface area contributed by atoms with Crippen LogP contribution < -0.4 is 4.74 Å². The maximum absolute atomic E-state index is 10.9. The van der Waals surface area contributed by atoms with Gasteiger partial charge in [0.1, 0.15) is 5.75 Å². The Morgan fingerprint density at radius 1 is 1.33 bits per heavy atom. The highest BCUT2D eigenvalue weighted by atomic mass is 16.5. The molecule has 4 heteroatoms. The average molecular weight is 332 g/mol. The molecule has 24 heavy (non-hydrogen) atoms. The van der Waals surface area contributed by atoms with Crippen molar-refractivity contribution in [2.45, 2.75) is 58.3 Å². The number of aliphatic hydroxyl groups is 1. The number of hydrogen-bond donors (Lipinski definition) is 1. The van der Waals surface area contributed by atoms with Crippen LogP contribution in [0.5, 0.6) is 5.75 Å². The maximum atomic E-state index is 10.9. The SMILES string of the molecule is CC(C)Oc1ccc(C=NCCC2(O)CC(C)N(C)CC2C)cc1. The molecule has 1 aliphatic rings. The van der Waals surface area contributed by atoms with E-state index in [9.17, 15) is 5.11 Å². The lowest BCUT2D eigenvalue weighted by molar-refractivity contribution is -0.0818. The van der Waals surface area contributed by atoms with Gasteiger partial charge >= 0.3 is 0 Å². The summed E-state index contributed by atoms with van der Waals surface area (Å²) in [5, 5.41) is 10.9. The molecule has 1 N–H and O–H groups in total. The van der Waals surface area contributed by atoms with Gasteiger partial charge in [0.2, 0.25) is 0 Å². The van der Waals surface area contributed by atoms with Crippen molar-refractivity contribution in [3.8, 4) is 5.75 Å². The topological polar surface area (TPSA) is 45.1 Å². The van der Waals surface area contributed by atoms with E-state index < -0.39 is 5.60 Å². The molecular weight excluding hydrogens is 300 g/mol. The van der Waals surface area contributed by atoms with Crippen molar-refractivity contribution in [1.82, 2.24) is 4.90 Å². The molecule has 2 rings (SSSR count). The Hall–Kier alpha value is -1.39. The van der Waals surface area contributed by atoms with E-state index in [0.717, 1.165) is 30.7 Å². The summed E-state index contributed by atoms with van der Waals surface area (Å²) < 4.78 is 5.64. The quantitative estimate of drug-likeness (QED) is 0.812. The molecule has 3 unspecified atom stereocenters. The fourth-order valence-electron chi connectivity index (χ4n) is 3.33. The number of nitrogens with zero attached hydrogens (tertiary/aromatic N) is 2. The Labute approximate surface area is 146 Å². The Morgan fingerprint density at radius 2 is 2.00 bits per heavy atom. The molecular formula is C20H32N2O2. The molecule has 4 nitrogen and oxygen atoms in total. The zero-order chi connectivity index (χ0) is 17.7. The summed E-state index contributed by atoms with van der Waals surface area (Å²) in [4.78, 5) is 6.83. The summed E-state index contributed by atoms with van der Waals surface area (Å²) in [6.45, 7) is 9.95. The largest absolute Gasteiger partial charge is 0.491 e. The Kier molecular flexibility index (Phi) is 6.41. The van der Waals surface area contributed by atoms with Crippen LogP contribution >= 0.6 is 0 Å². The van der Waals surface area contributed by atoms with Gasteiger partial charge in [-0.15, -0.1) is 0 Å². The monoisotopic (exact) mass is 332 g/mol. The predicted octanol–water partition coefficient (Wildman–Crippen LogP) is 3.37. The van der Waals surface area contributed by atoms with Gasteiger partial charge in [-0.1, -0.05) is 6.92 Å². The molecule has 0 aliphatic carbocycles. The van der Waals surface area contributed by atoms with E-state index >= 15 is 0 Å². The van der Waals surface area contributed by atoms with Crippen LogP contribution in [0.15, 0.2) is 29.3 Å². The van der Waals surface area contributed by atoms with Crippen molar-refractivity contribution in [3.05, 3.63) is 29.8 Å². The number of rotatable bonds is 6. The molecule has 1 saturated heterocycles. The smallest absolute Gasteiger partial charge is 0.119 e. The highest BCUT2D eigenvalue weighted by Crippen LogP contribution is 2.33. The van der Waals surface area contributed by atoms with Gasteiger partial charge in [-0.05, 0) is 76.4 Å². The molecule has 0 bridgehead atoms. The number of benzene rings is 1. The molecule has 0 amide bonds. The number of piperidine rings is 1. The predicted molar refractivity (Wildman–Crippen MR) is 100 cm³/mol. The van der Waals surface area contributed by atoms with Crippen molar-refractivity contribution < 1.29 is 9.84 Å². The summed E-state index contributed by atoms with van der Waals surface area (Å²) in [5.41, 5.74) is 0.459. The van der Waals surface area contributed by atoms with Crippen LogP contribution in [-0.4, -0.2) is 54.1 Å². The van der Waals surface area contributed by atoms with Gasteiger partial charge in [0.25, 0.3) is 0 Å². The number of ether oxygens (including phenoxy) is 1. The Balaban J connectivity index is 1.85. The first kappa shape index (κ1) is 18.9. The number of likely N-dealkylation sites (tertiary alicyclic amines) is 1. The molecule has 1 heterocycles. The molecule has 1 aliphatic heterocycles. The van der Waals surface area contributed by atoms with Gasteiger partial charge in [-0.3, -0.25) is 4.99 Å². The van der Waals surface area contributed by atoms with E-state index in [1.807, 2.05) is 44.3 Å². The summed E-state index contributed by atoms with van der Waals surface area (Å²) in [7, 11) is 2.13. The summed E-state index contributed by atoms with van der Waals surface area (Å²) in [5.74, 6) is 1.16. The van der Waals surface area contributed by atoms with E-state index in [4.69, 9.17) is 4.74 Å². The number of aliphatic imine (C=N–C) groups is 1. The lowest BCUT2D eigenvalue weighted by atomic mass is 9.77. The minimum absolute atomic E-state index is 0.184. The highest BCUT2D eigenvalue weighted by Gasteiger charge is 2.40. The molecule has 1 aromatic carbocycles. The van der Waals surface area contributed by atoms with Crippen LogP contribution in [-0.2, 0) is 0 Å². The van der Waals surface area contributed by atoms with E-state index in [1.54, 1.807) is 0 Å². The van der Waals surface area contributed by atoms with E-state index in [-0.39, 0.29) is 12.0 Å². The van der Waals surface area contributed by atoms with Crippen LogP contribution in [0.25, 0.3) is 0 Å². The second-order valence-corrected chi connectivity index (χ2v) is 7.52. The maximum Gasteiger partial charge on any atom is 0.119 e. The van der Waals surface area contributed by atoms with Crippen molar-refractivity contribution in [1.29, 1.82) is 0 Å². The molecule has 0 radical (unpaired) electrons. The molecule has 3 atom stereocenters. The third kappa shape index (κ3) is 5.05. The molecule has 1 aromatic rings. The van der Waals surface area contributed by atoms with E-state index in [0.29, 0.717) is 12.6 Å². The molecule has 0 spiro atoms. The Morgan fingerprint density at radius 3 is 2.62 bits per heavy atom. The fourth-order valence-corrected chi connectivity index (χ4v) is 3.33. The second-order valence-electron chi connectivity index (χ2n) is 7.52. The minimum atomic E-state index is -0.599. The van der Waals surface area contributed by atoms with E-state index in [1.165, 1.54) is 0 Å². The first-order valence-electron chi connectivity index (χ1n) is 8.99. The number of hydrogen-bond acceptors (Lipinski definition) is 4. The van der Waals surface area contributed by atoms with E-state index in [2.05, 4.69) is 30.8 Å². The van der Waals surface area contributed by atoms with Crippen LogP contribution in [0.1, 0.15) is 46.1 Å². The van der Waals surface area contributed by atoms with Gasteiger partial charge in [0, 0.05) is 25.3 Å². The van der Waals surface area contributed by atoms with Crippen molar-refractivity contribution in [2.24, 2.45) is 10.9 Å². The first-order valence-corrected chi connectivity index (χ1v) is 8.99. The third-order valence-corrected chi connectivity index (χ3v) is 5.05. The molecule has 0 aromatic heterocycles. The molecule has 1 fully saturated rings. The standard InChI is InChI=1S/C20H32N2O2/c1-15(2)24-19-8-6-18(7-9-19)13-21-11-10-20(23)12-17(4)22(5)14-16(20)3/h6-9,13,15-17,23H,10-12,14H2,1-5H3. The first-order chi connectivity index (χ1) is 11.3. The van der Waals surface area contributed by atoms with Gasteiger partial charge in [0.15, 0.2) is 0 Å². The Bertz CT molecular complexity index is 541. The summed E-state index contributed by atoms with van der Waals surface area (Å²) >= 11 is 0. The minimum Gasteiger partial charge on any atom is -0.491 e. The van der Waals surface area contributed by atoms with Gasteiger partial charge < -0.3 is 14.7 Å². The molecule has 134 valence electrons. The van der Waals surface area contributed by atoms with Crippen LogP contribution in [0.3, 0.4) is 0 Å². The second kappa shape index (κ2) is 8.13. The molecule has 0 saturated carbocycles. The highest BCUT2D eigenvalue weighted by molar-refractivity contribution is 5.79. The lowest BCUT2D eigenvalue weighted by Gasteiger charge is -2.45. The zero-order valence-corrected chi connectivity index (χ0v) is 15.7. The van der Waals surface area contributed by atoms with Crippen molar-refractivity contribution in [2.75, 3.05) is 20.1 Å². The van der Waals surface area contributed by atoms with Gasteiger partial charge in [-0.25, -0.2) is 0 Å². The summed E-state index contributed by atoms with van der Waals surface area (Å²) in [6, 6.07) is 8.38. The van der Waals surface area contributed by atoms with Crippen LogP contribution in [0.2, 0.25) is 0 Å². The lowest BCUT2D eigenvalue weighted by Crippen LogP contribution is -2.53. The fraction of sp³-hybridized carbons (Fsp3) is 0.650. The zero-order valence-electron chi connectivity index (χ0n) is 15.7. The van der Waals surface area contributed by atoms with Crippen molar-refractivity contribution in [3.63, 3.8) is 0 Å². The van der Waals surface area contributed by atoms with Crippen LogP contribution in [0, 0.1) is 5.92 Å². The van der Waals surface area contributed by atoms with Crippen molar-refractivity contribution >= 4 is 6.21 Å². The summed E-state index contributed by atoms with van der Waals surface area (Å²) in [6.07, 6.45) is 3.61. The normalized spacial score (nSPS) is 28.6. The third-order valence-electron chi connectivity index (χ3n) is 5.05. The average Bonchev–Trinajstić information content (AvgIpc) is 2.51. The van der Waals surface area contributed by atoms with Gasteiger partial charge in [0.05, 0.1) is 11.7 Å².